The molecule has 0 radical (unpaired) electrons. The Labute approximate surface area is 86.5 Å². The Kier molecular flexibility index (Phi) is 2.16. The number of rotatable bonds is 1. The average Bonchev–Trinajstić information content (AvgIpc) is 2.43. The van der Waals surface area contributed by atoms with Crippen LogP contribution < -0.4 is 0 Å². The van der Waals surface area contributed by atoms with Crippen LogP contribution in [0.3, 0.4) is 0 Å². The number of hydrogen-bond acceptors (Lipinski definition) is 0. The van der Waals surface area contributed by atoms with Crippen molar-refractivity contribution in [3.05, 3.63) is 34.4 Å². The molecule has 0 saturated heterocycles. The van der Waals surface area contributed by atoms with E-state index in [9.17, 15) is 0 Å². The molecule has 0 saturated carbocycles. The highest BCUT2D eigenvalue weighted by Gasteiger charge is 2.03. The van der Waals surface area contributed by atoms with Crippen molar-refractivity contribution in [2.75, 3.05) is 0 Å². The number of benzene rings is 1. The van der Waals surface area contributed by atoms with Crippen molar-refractivity contribution in [1.29, 1.82) is 0 Å². The Hall–Kier alpha value is -0.760. The highest BCUT2D eigenvalue weighted by molar-refractivity contribution is 9.10. The summed E-state index contributed by atoms with van der Waals surface area (Å²) >= 11 is 3.49. The van der Waals surface area contributed by atoms with E-state index in [4.69, 9.17) is 0 Å². The maximum atomic E-state index is 3.49. The Balaban J connectivity index is 2.80. The molecule has 1 aromatic heterocycles. The third-order valence-electron chi connectivity index (χ3n) is 2.38. The topological polar surface area (TPSA) is 4.93 Å². The molecule has 0 N–H and O–H groups in total. The molecule has 0 amide bonds. The van der Waals surface area contributed by atoms with Crippen molar-refractivity contribution in [2.24, 2.45) is 0 Å². The van der Waals surface area contributed by atoms with Crippen molar-refractivity contribution in [3.63, 3.8) is 0 Å². The number of aryl methyl sites for hydroxylation is 2. The number of fused-ring (bicyclic) bond motifs is 1. The molecule has 0 unspecified atom stereocenters. The Bertz CT molecular complexity index is 443. The molecule has 0 aliphatic heterocycles. The van der Waals surface area contributed by atoms with Crippen LogP contribution >= 0.6 is 15.9 Å². The first-order valence-corrected chi connectivity index (χ1v) is 5.26. The van der Waals surface area contributed by atoms with Gasteiger partial charge in [-0.3, -0.25) is 0 Å². The van der Waals surface area contributed by atoms with E-state index in [-0.39, 0.29) is 0 Å². The lowest BCUT2D eigenvalue weighted by Crippen LogP contribution is -1.89. The third kappa shape index (κ3) is 1.39. The van der Waals surface area contributed by atoms with Gasteiger partial charge >= 0.3 is 0 Å². The summed E-state index contributed by atoms with van der Waals surface area (Å²) in [6, 6.07) is 6.43. The molecule has 1 heterocycles. The predicted octanol–water partition coefficient (Wildman–Crippen LogP) is 3.73. The third-order valence-corrected chi connectivity index (χ3v) is 2.88. The van der Waals surface area contributed by atoms with E-state index >= 15 is 0 Å². The lowest BCUT2D eigenvalue weighted by atomic mass is 10.2. The fraction of sp³-hybridized carbons (Fsp3) is 0.273. The summed E-state index contributed by atoms with van der Waals surface area (Å²) in [5.41, 5.74) is 2.67. The fourth-order valence-corrected chi connectivity index (χ4v) is 2.07. The van der Waals surface area contributed by atoms with Crippen molar-refractivity contribution < 1.29 is 0 Å². The molecule has 0 bridgehead atoms. The molecular formula is C11H12BrN. The second-order valence-electron chi connectivity index (χ2n) is 3.26. The van der Waals surface area contributed by atoms with Gasteiger partial charge in [0.15, 0.2) is 0 Å². The van der Waals surface area contributed by atoms with Crippen molar-refractivity contribution in [1.82, 2.24) is 4.57 Å². The molecule has 0 fully saturated rings. The van der Waals surface area contributed by atoms with E-state index in [1.165, 1.54) is 16.5 Å². The molecule has 2 heteroatoms. The standard InChI is InChI=1S/C11H12BrN/c1-3-13-7-8(2)10-6-9(12)4-5-11(10)13/h4-7H,3H2,1-2H3. The average molecular weight is 238 g/mol. The van der Waals surface area contributed by atoms with E-state index in [1.807, 2.05) is 0 Å². The molecule has 68 valence electrons. The van der Waals surface area contributed by atoms with Gasteiger partial charge in [0.1, 0.15) is 0 Å². The summed E-state index contributed by atoms with van der Waals surface area (Å²) in [5.74, 6) is 0. The van der Waals surface area contributed by atoms with Gasteiger partial charge in [-0.25, -0.2) is 0 Å². The zero-order valence-electron chi connectivity index (χ0n) is 7.84. The second-order valence-corrected chi connectivity index (χ2v) is 4.18. The molecule has 2 rings (SSSR count). The van der Waals surface area contributed by atoms with Crippen LogP contribution in [0.15, 0.2) is 28.9 Å². The molecule has 1 nitrogen and oxygen atoms in total. The molecule has 0 atom stereocenters. The Morgan fingerprint density at radius 3 is 2.85 bits per heavy atom. The summed E-state index contributed by atoms with van der Waals surface area (Å²) in [5, 5.41) is 1.34. The SMILES string of the molecule is CCn1cc(C)c2cc(Br)ccc21. The second kappa shape index (κ2) is 3.18. The van der Waals surface area contributed by atoms with Gasteiger partial charge in [0.2, 0.25) is 0 Å². The van der Waals surface area contributed by atoms with Gasteiger partial charge < -0.3 is 4.57 Å². The van der Waals surface area contributed by atoms with Crippen LogP contribution in [0.25, 0.3) is 10.9 Å². The largest absolute Gasteiger partial charge is 0.347 e. The lowest BCUT2D eigenvalue weighted by molar-refractivity contribution is 0.795. The maximum Gasteiger partial charge on any atom is 0.0483 e. The van der Waals surface area contributed by atoms with E-state index < -0.39 is 0 Å². The minimum absolute atomic E-state index is 1.03. The first-order valence-electron chi connectivity index (χ1n) is 4.47. The molecule has 1 aromatic carbocycles. The molecule has 13 heavy (non-hydrogen) atoms. The van der Waals surface area contributed by atoms with E-state index in [0.717, 1.165) is 11.0 Å². The van der Waals surface area contributed by atoms with Gasteiger partial charge in [-0.1, -0.05) is 15.9 Å². The van der Waals surface area contributed by atoms with Gasteiger partial charge in [-0.05, 0) is 37.6 Å². The fourth-order valence-electron chi connectivity index (χ4n) is 1.71. The van der Waals surface area contributed by atoms with E-state index in [0.29, 0.717) is 0 Å². The molecular weight excluding hydrogens is 226 g/mol. The van der Waals surface area contributed by atoms with Gasteiger partial charge in [-0.15, -0.1) is 0 Å². The quantitative estimate of drug-likeness (QED) is 0.713. The first kappa shape index (κ1) is 8.82. The Morgan fingerprint density at radius 1 is 1.38 bits per heavy atom. The summed E-state index contributed by atoms with van der Waals surface area (Å²) in [6.07, 6.45) is 2.21. The monoisotopic (exact) mass is 237 g/mol. The Morgan fingerprint density at radius 2 is 2.15 bits per heavy atom. The van der Waals surface area contributed by atoms with Crippen molar-refractivity contribution >= 4 is 26.8 Å². The normalized spacial score (nSPS) is 11.0. The van der Waals surface area contributed by atoms with Crippen LogP contribution in [-0.2, 0) is 6.54 Å². The molecule has 0 aliphatic rings. The van der Waals surface area contributed by atoms with Crippen LogP contribution in [0.2, 0.25) is 0 Å². The smallest absolute Gasteiger partial charge is 0.0483 e. The van der Waals surface area contributed by atoms with Crippen LogP contribution in [0.5, 0.6) is 0 Å². The van der Waals surface area contributed by atoms with Crippen LogP contribution in [-0.4, -0.2) is 4.57 Å². The molecule has 0 aliphatic carbocycles. The van der Waals surface area contributed by atoms with Crippen molar-refractivity contribution in [2.45, 2.75) is 20.4 Å². The number of hydrogen-bond donors (Lipinski definition) is 0. The van der Waals surface area contributed by atoms with Gasteiger partial charge in [0.25, 0.3) is 0 Å². The number of aromatic nitrogens is 1. The summed E-state index contributed by atoms with van der Waals surface area (Å²) < 4.78 is 3.42. The zero-order valence-corrected chi connectivity index (χ0v) is 9.43. The first-order chi connectivity index (χ1) is 6.22. The van der Waals surface area contributed by atoms with Gasteiger partial charge in [0, 0.05) is 28.1 Å². The van der Waals surface area contributed by atoms with Crippen LogP contribution in [0.4, 0.5) is 0 Å². The van der Waals surface area contributed by atoms with Crippen molar-refractivity contribution in [3.8, 4) is 0 Å². The molecule has 2 aromatic rings. The summed E-state index contributed by atoms with van der Waals surface area (Å²) in [7, 11) is 0. The van der Waals surface area contributed by atoms with Crippen LogP contribution in [0, 0.1) is 6.92 Å². The number of halogens is 1. The van der Waals surface area contributed by atoms with E-state index in [2.05, 4.69) is 58.7 Å². The summed E-state index contributed by atoms with van der Waals surface area (Å²) in [6.45, 7) is 5.35. The minimum Gasteiger partial charge on any atom is -0.347 e. The number of nitrogens with zero attached hydrogens (tertiary/aromatic N) is 1. The summed E-state index contributed by atoms with van der Waals surface area (Å²) in [4.78, 5) is 0. The van der Waals surface area contributed by atoms with Gasteiger partial charge in [-0.2, -0.15) is 0 Å². The van der Waals surface area contributed by atoms with E-state index in [1.54, 1.807) is 0 Å². The zero-order chi connectivity index (χ0) is 9.42. The molecule has 0 spiro atoms. The predicted molar refractivity (Wildman–Crippen MR) is 60.0 cm³/mol. The van der Waals surface area contributed by atoms with Crippen LogP contribution in [0.1, 0.15) is 12.5 Å². The van der Waals surface area contributed by atoms with Gasteiger partial charge in [0.05, 0.1) is 0 Å². The lowest BCUT2D eigenvalue weighted by Gasteiger charge is -1.99. The highest BCUT2D eigenvalue weighted by atomic mass is 79.9. The maximum absolute atomic E-state index is 3.49. The minimum atomic E-state index is 1.03. The highest BCUT2D eigenvalue weighted by Crippen LogP contribution is 2.24.